The molecule has 2 saturated heterocycles. The molecule has 6 nitrogen and oxygen atoms in total. The van der Waals surface area contributed by atoms with Gasteiger partial charge in [0.05, 0.1) is 11.6 Å². The molecule has 8 heteroatoms. The predicted octanol–water partition coefficient (Wildman–Crippen LogP) is 3.19. The van der Waals surface area contributed by atoms with Crippen LogP contribution in [0.15, 0.2) is 23.1 Å². The number of anilines is 1. The molecular formula is C19H28ClN3O3S. The third kappa shape index (κ3) is 5.22. The molecule has 0 aliphatic carbocycles. The molecule has 0 aromatic heterocycles. The van der Waals surface area contributed by atoms with Gasteiger partial charge in [0.15, 0.2) is 0 Å². The van der Waals surface area contributed by atoms with E-state index in [4.69, 9.17) is 11.6 Å². The normalized spacial score (nSPS) is 22.5. The van der Waals surface area contributed by atoms with Crippen LogP contribution in [0, 0.1) is 5.92 Å². The number of piperidine rings is 2. The average Bonchev–Trinajstić information content (AvgIpc) is 2.64. The number of carbonyl (C=O) groups excluding carboxylic acids is 1. The first kappa shape index (κ1) is 20.6. The number of hydrogen-bond donors (Lipinski definition) is 1. The molecule has 1 aromatic carbocycles. The van der Waals surface area contributed by atoms with E-state index in [2.05, 4.69) is 17.1 Å². The minimum Gasteiger partial charge on any atom is -0.325 e. The first-order valence-corrected chi connectivity index (χ1v) is 11.5. The van der Waals surface area contributed by atoms with Crippen LogP contribution < -0.4 is 5.32 Å². The van der Waals surface area contributed by atoms with Gasteiger partial charge in [-0.3, -0.25) is 9.69 Å². The van der Waals surface area contributed by atoms with Gasteiger partial charge < -0.3 is 5.32 Å². The van der Waals surface area contributed by atoms with Crippen LogP contribution in [0.2, 0.25) is 5.02 Å². The Hall–Kier alpha value is -1.15. The monoisotopic (exact) mass is 413 g/mol. The molecule has 0 unspecified atom stereocenters. The molecule has 0 spiro atoms. The fourth-order valence-corrected chi connectivity index (χ4v) is 5.87. The third-order valence-electron chi connectivity index (χ3n) is 5.26. The standard InChI is InChI=1S/C19H28ClN3O3S/c1-15-6-5-9-22(13-15)14-19(24)21-16-7-8-17(20)18(12-16)27(25,26)23-10-3-2-4-11-23/h7-8,12,15H,2-6,9-11,13-14H2,1H3,(H,21,24)/t15-/m1/s1. The highest BCUT2D eigenvalue weighted by Gasteiger charge is 2.28. The van der Waals surface area contributed by atoms with Gasteiger partial charge in [0, 0.05) is 25.3 Å². The molecule has 1 amide bonds. The minimum absolute atomic E-state index is 0.0652. The molecule has 2 aliphatic rings. The highest BCUT2D eigenvalue weighted by molar-refractivity contribution is 7.89. The zero-order valence-corrected chi connectivity index (χ0v) is 17.4. The number of rotatable bonds is 5. The Morgan fingerprint density at radius 2 is 1.93 bits per heavy atom. The van der Waals surface area contributed by atoms with Crippen LogP contribution in [0.5, 0.6) is 0 Å². The highest BCUT2D eigenvalue weighted by Crippen LogP contribution is 2.29. The van der Waals surface area contributed by atoms with E-state index < -0.39 is 10.0 Å². The van der Waals surface area contributed by atoms with Gasteiger partial charge in [0.25, 0.3) is 0 Å². The summed E-state index contributed by atoms with van der Waals surface area (Å²) < 4.78 is 27.3. The Morgan fingerprint density at radius 3 is 2.63 bits per heavy atom. The molecule has 0 radical (unpaired) electrons. The van der Waals surface area contributed by atoms with Gasteiger partial charge in [-0.15, -0.1) is 0 Å². The van der Waals surface area contributed by atoms with E-state index in [9.17, 15) is 13.2 Å². The summed E-state index contributed by atoms with van der Waals surface area (Å²) in [5, 5.41) is 3.01. The van der Waals surface area contributed by atoms with Crippen molar-refractivity contribution in [1.82, 2.24) is 9.21 Å². The quantitative estimate of drug-likeness (QED) is 0.804. The molecule has 1 aromatic rings. The molecule has 0 saturated carbocycles. The van der Waals surface area contributed by atoms with Gasteiger partial charge in [-0.05, 0) is 56.3 Å². The Kier molecular flexibility index (Phi) is 6.78. The van der Waals surface area contributed by atoms with Gasteiger partial charge in [0.2, 0.25) is 15.9 Å². The van der Waals surface area contributed by atoms with E-state index in [1.807, 2.05) is 0 Å². The van der Waals surface area contributed by atoms with E-state index in [0.717, 1.165) is 38.8 Å². The summed E-state index contributed by atoms with van der Waals surface area (Å²) in [6, 6.07) is 4.66. The largest absolute Gasteiger partial charge is 0.325 e. The van der Waals surface area contributed by atoms with E-state index >= 15 is 0 Å². The summed E-state index contributed by atoms with van der Waals surface area (Å²) in [5.41, 5.74) is 0.463. The van der Waals surface area contributed by atoms with Crippen molar-refractivity contribution in [3.63, 3.8) is 0 Å². The lowest BCUT2D eigenvalue weighted by Crippen LogP contribution is -2.39. The third-order valence-corrected chi connectivity index (χ3v) is 7.64. The molecule has 0 bridgehead atoms. The molecule has 2 fully saturated rings. The zero-order chi connectivity index (χ0) is 19.4. The molecule has 2 heterocycles. The molecule has 27 heavy (non-hydrogen) atoms. The fraction of sp³-hybridized carbons (Fsp3) is 0.632. The van der Waals surface area contributed by atoms with Crippen LogP contribution in [0.1, 0.15) is 39.0 Å². The van der Waals surface area contributed by atoms with Gasteiger partial charge in [-0.2, -0.15) is 4.31 Å². The van der Waals surface area contributed by atoms with Gasteiger partial charge in [0.1, 0.15) is 4.90 Å². The predicted molar refractivity (Wildman–Crippen MR) is 108 cm³/mol. The van der Waals surface area contributed by atoms with Crippen LogP contribution >= 0.6 is 11.6 Å². The second kappa shape index (κ2) is 8.90. The van der Waals surface area contributed by atoms with Crippen molar-refractivity contribution in [2.45, 2.75) is 43.9 Å². The van der Waals surface area contributed by atoms with E-state index in [1.165, 1.54) is 22.9 Å². The Balaban J connectivity index is 1.70. The maximum absolute atomic E-state index is 12.9. The van der Waals surface area contributed by atoms with Crippen molar-refractivity contribution in [3.8, 4) is 0 Å². The lowest BCUT2D eigenvalue weighted by molar-refractivity contribution is -0.117. The lowest BCUT2D eigenvalue weighted by Gasteiger charge is -2.30. The Labute approximate surface area is 166 Å². The number of nitrogens with one attached hydrogen (secondary N) is 1. The summed E-state index contributed by atoms with van der Waals surface area (Å²) in [5.74, 6) is 0.469. The number of amides is 1. The second-order valence-electron chi connectivity index (χ2n) is 7.64. The van der Waals surface area contributed by atoms with Crippen molar-refractivity contribution < 1.29 is 13.2 Å². The molecule has 2 aliphatic heterocycles. The first-order chi connectivity index (χ1) is 12.9. The van der Waals surface area contributed by atoms with Crippen molar-refractivity contribution in [1.29, 1.82) is 0 Å². The van der Waals surface area contributed by atoms with Crippen molar-refractivity contribution in [3.05, 3.63) is 23.2 Å². The highest BCUT2D eigenvalue weighted by atomic mass is 35.5. The smallest absolute Gasteiger partial charge is 0.244 e. The lowest BCUT2D eigenvalue weighted by atomic mass is 10.0. The van der Waals surface area contributed by atoms with Gasteiger partial charge in [-0.25, -0.2) is 8.42 Å². The number of carbonyl (C=O) groups is 1. The fourth-order valence-electron chi connectivity index (χ4n) is 3.86. The summed E-state index contributed by atoms with van der Waals surface area (Å²) in [6.07, 6.45) is 5.08. The van der Waals surface area contributed by atoms with Crippen LogP contribution in [-0.2, 0) is 14.8 Å². The number of hydrogen-bond acceptors (Lipinski definition) is 4. The molecule has 150 valence electrons. The van der Waals surface area contributed by atoms with Crippen molar-refractivity contribution in [2.24, 2.45) is 5.92 Å². The van der Waals surface area contributed by atoms with Crippen LogP contribution in [0.25, 0.3) is 0 Å². The van der Waals surface area contributed by atoms with E-state index in [-0.39, 0.29) is 15.8 Å². The SMILES string of the molecule is C[C@@H]1CCCN(CC(=O)Nc2ccc(Cl)c(S(=O)(=O)N3CCCCC3)c2)C1. The molecule has 3 rings (SSSR count). The van der Waals surface area contributed by atoms with Crippen molar-refractivity contribution >= 4 is 33.2 Å². The number of halogens is 1. The Bertz CT molecular complexity index is 778. The number of likely N-dealkylation sites (tertiary alicyclic amines) is 1. The van der Waals surface area contributed by atoms with Crippen LogP contribution in [-0.4, -0.2) is 56.3 Å². The maximum atomic E-state index is 12.9. The van der Waals surface area contributed by atoms with Crippen LogP contribution in [0.4, 0.5) is 5.69 Å². The first-order valence-electron chi connectivity index (χ1n) is 9.68. The zero-order valence-electron chi connectivity index (χ0n) is 15.8. The number of benzene rings is 1. The Morgan fingerprint density at radius 1 is 1.19 bits per heavy atom. The summed E-state index contributed by atoms with van der Waals surface area (Å²) >= 11 is 6.18. The molecule has 1 atom stereocenters. The van der Waals surface area contributed by atoms with Crippen molar-refractivity contribution in [2.75, 3.05) is 38.0 Å². The summed E-state index contributed by atoms with van der Waals surface area (Å²) in [4.78, 5) is 14.6. The second-order valence-corrected chi connectivity index (χ2v) is 9.95. The molecular weight excluding hydrogens is 386 g/mol. The molecule has 1 N–H and O–H groups in total. The van der Waals surface area contributed by atoms with E-state index in [0.29, 0.717) is 31.2 Å². The van der Waals surface area contributed by atoms with Crippen LogP contribution in [0.3, 0.4) is 0 Å². The maximum Gasteiger partial charge on any atom is 0.244 e. The number of sulfonamides is 1. The van der Waals surface area contributed by atoms with E-state index in [1.54, 1.807) is 6.07 Å². The van der Waals surface area contributed by atoms with Gasteiger partial charge >= 0.3 is 0 Å². The van der Waals surface area contributed by atoms with Gasteiger partial charge in [-0.1, -0.05) is 24.9 Å². The minimum atomic E-state index is -3.65. The average molecular weight is 414 g/mol. The summed E-state index contributed by atoms with van der Waals surface area (Å²) in [6.45, 7) is 5.39. The topological polar surface area (TPSA) is 69.7 Å². The number of nitrogens with zero attached hydrogens (tertiary/aromatic N) is 2. The summed E-state index contributed by atoms with van der Waals surface area (Å²) in [7, 11) is -3.65.